The number of carbonyl (C=O) groups excluding carboxylic acids is 1. The summed E-state index contributed by atoms with van der Waals surface area (Å²) < 4.78 is 5.65. The molecule has 6 nitrogen and oxygen atoms in total. The van der Waals surface area contributed by atoms with Crippen molar-refractivity contribution in [1.82, 2.24) is 16.0 Å². The van der Waals surface area contributed by atoms with Crippen molar-refractivity contribution in [3.05, 3.63) is 52.7 Å². The summed E-state index contributed by atoms with van der Waals surface area (Å²) in [4.78, 5) is 17.1. The van der Waals surface area contributed by atoms with Gasteiger partial charge in [-0.05, 0) is 36.9 Å². The van der Waals surface area contributed by atoms with Crippen LogP contribution in [0.15, 0.2) is 52.8 Å². The number of carbonyl (C=O) groups is 1. The highest BCUT2D eigenvalue weighted by atomic mass is 32.1. The number of thiophene rings is 1. The van der Waals surface area contributed by atoms with Crippen molar-refractivity contribution in [2.75, 3.05) is 32.8 Å². The SMILES string of the molecule is CCNC(=NCCCNC(=O)c1cccs1)NCCOc1ccccc1. The van der Waals surface area contributed by atoms with Crippen molar-refractivity contribution in [2.45, 2.75) is 13.3 Å². The van der Waals surface area contributed by atoms with E-state index in [1.165, 1.54) is 11.3 Å². The van der Waals surface area contributed by atoms with Crippen LogP contribution >= 0.6 is 11.3 Å². The number of rotatable bonds is 10. The van der Waals surface area contributed by atoms with Gasteiger partial charge in [0.1, 0.15) is 12.4 Å². The molecular weight excluding hydrogens is 348 g/mol. The summed E-state index contributed by atoms with van der Waals surface area (Å²) in [5.74, 6) is 1.60. The minimum atomic E-state index is -0.0212. The van der Waals surface area contributed by atoms with E-state index in [0.717, 1.165) is 29.6 Å². The topological polar surface area (TPSA) is 74.8 Å². The van der Waals surface area contributed by atoms with E-state index >= 15 is 0 Å². The lowest BCUT2D eigenvalue weighted by atomic mass is 10.3. The van der Waals surface area contributed by atoms with E-state index < -0.39 is 0 Å². The number of ether oxygens (including phenoxy) is 1. The monoisotopic (exact) mass is 374 g/mol. The van der Waals surface area contributed by atoms with Crippen LogP contribution in [0.25, 0.3) is 0 Å². The summed E-state index contributed by atoms with van der Waals surface area (Å²) in [6.45, 7) is 5.29. The number of nitrogens with zero attached hydrogens (tertiary/aromatic N) is 1. The lowest BCUT2D eigenvalue weighted by molar-refractivity contribution is 0.0957. The van der Waals surface area contributed by atoms with E-state index in [2.05, 4.69) is 20.9 Å². The highest BCUT2D eigenvalue weighted by Gasteiger charge is 2.04. The number of aliphatic imine (C=N–C) groups is 1. The molecule has 0 spiro atoms. The fourth-order valence-corrected chi connectivity index (χ4v) is 2.80. The Balaban J connectivity index is 1.61. The van der Waals surface area contributed by atoms with Gasteiger partial charge < -0.3 is 20.7 Å². The maximum Gasteiger partial charge on any atom is 0.261 e. The minimum Gasteiger partial charge on any atom is -0.492 e. The van der Waals surface area contributed by atoms with Crippen LogP contribution in [0.4, 0.5) is 0 Å². The molecule has 0 bridgehead atoms. The zero-order valence-corrected chi connectivity index (χ0v) is 15.8. The molecule has 1 amide bonds. The van der Waals surface area contributed by atoms with Crippen molar-refractivity contribution in [3.63, 3.8) is 0 Å². The Labute approximate surface area is 158 Å². The molecule has 0 aliphatic rings. The van der Waals surface area contributed by atoms with Crippen LogP contribution in [0.2, 0.25) is 0 Å². The number of para-hydroxylation sites is 1. The van der Waals surface area contributed by atoms with E-state index in [1.807, 2.05) is 54.8 Å². The molecule has 0 fully saturated rings. The molecule has 0 radical (unpaired) electrons. The number of hydrogen-bond acceptors (Lipinski definition) is 4. The summed E-state index contributed by atoms with van der Waals surface area (Å²) in [6, 6.07) is 13.4. The van der Waals surface area contributed by atoms with Gasteiger partial charge in [-0.25, -0.2) is 0 Å². The second-order valence-electron chi connectivity index (χ2n) is 5.44. The molecule has 1 aromatic carbocycles. The van der Waals surface area contributed by atoms with Gasteiger partial charge >= 0.3 is 0 Å². The standard InChI is InChI=1S/C19H26N4O2S/c1-2-20-19(23-13-14-25-16-8-4-3-5-9-16)22-12-7-11-21-18(24)17-10-6-15-26-17/h3-6,8-10,15H,2,7,11-14H2,1H3,(H,21,24)(H2,20,22,23). The van der Waals surface area contributed by atoms with Crippen molar-refractivity contribution in [1.29, 1.82) is 0 Å². The Morgan fingerprint density at radius 2 is 1.92 bits per heavy atom. The fourth-order valence-electron chi connectivity index (χ4n) is 2.16. The van der Waals surface area contributed by atoms with Crippen molar-refractivity contribution >= 4 is 23.2 Å². The van der Waals surface area contributed by atoms with Crippen molar-refractivity contribution in [3.8, 4) is 5.75 Å². The van der Waals surface area contributed by atoms with Crippen LogP contribution in [0, 0.1) is 0 Å². The van der Waals surface area contributed by atoms with Gasteiger partial charge in [-0.15, -0.1) is 11.3 Å². The van der Waals surface area contributed by atoms with Crippen LogP contribution in [0.1, 0.15) is 23.0 Å². The van der Waals surface area contributed by atoms with Gasteiger partial charge in [-0.1, -0.05) is 24.3 Å². The summed E-state index contributed by atoms with van der Waals surface area (Å²) in [5, 5.41) is 11.2. The van der Waals surface area contributed by atoms with Crippen LogP contribution < -0.4 is 20.7 Å². The molecule has 1 heterocycles. The molecule has 0 atom stereocenters. The van der Waals surface area contributed by atoms with E-state index in [4.69, 9.17) is 4.74 Å². The maximum atomic E-state index is 11.8. The third-order valence-electron chi connectivity index (χ3n) is 3.39. The minimum absolute atomic E-state index is 0.0212. The molecule has 7 heteroatoms. The second kappa shape index (κ2) is 11.9. The van der Waals surface area contributed by atoms with E-state index in [1.54, 1.807) is 0 Å². The zero-order valence-electron chi connectivity index (χ0n) is 15.0. The molecular formula is C19H26N4O2S. The van der Waals surface area contributed by atoms with E-state index in [-0.39, 0.29) is 5.91 Å². The quantitative estimate of drug-likeness (QED) is 0.339. The van der Waals surface area contributed by atoms with Crippen molar-refractivity contribution in [2.24, 2.45) is 4.99 Å². The molecule has 2 rings (SSSR count). The second-order valence-corrected chi connectivity index (χ2v) is 6.38. The van der Waals surface area contributed by atoms with Gasteiger partial charge in [0.2, 0.25) is 0 Å². The zero-order chi connectivity index (χ0) is 18.5. The Morgan fingerprint density at radius 3 is 2.65 bits per heavy atom. The highest BCUT2D eigenvalue weighted by molar-refractivity contribution is 7.12. The van der Waals surface area contributed by atoms with Gasteiger partial charge in [-0.2, -0.15) is 0 Å². The first-order valence-corrected chi connectivity index (χ1v) is 9.69. The van der Waals surface area contributed by atoms with Crippen LogP contribution in [-0.4, -0.2) is 44.7 Å². The molecule has 140 valence electrons. The highest BCUT2D eigenvalue weighted by Crippen LogP contribution is 2.08. The number of guanidine groups is 1. The van der Waals surface area contributed by atoms with Gasteiger partial charge in [0.05, 0.1) is 11.4 Å². The fraction of sp³-hybridized carbons (Fsp3) is 0.368. The number of amides is 1. The molecule has 3 N–H and O–H groups in total. The van der Waals surface area contributed by atoms with Crippen LogP contribution in [0.5, 0.6) is 5.75 Å². The number of benzene rings is 1. The molecule has 0 saturated heterocycles. The van der Waals surface area contributed by atoms with E-state index in [0.29, 0.717) is 26.2 Å². The van der Waals surface area contributed by atoms with E-state index in [9.17, 15) is 4.79 Å². The molecule has 26 heavy (non-hydrogen) atoms. The Kier molecular flexibility index (Phi) is 9.07. The predicted molar refractivity (Wildman–Crippen MR) is 107 cm³/mol. The Bertz CT molecular complexity index is 659. The molecule has 1 aromatic heterocycles. The molecule has 0 unspecified atom stereocenters. The Morgan fingerprint density at radius 1 is 1.08 bits per heavy atom. The first kappa shape index (κ1) is 19.8. The summed E-state index contributed by atoms with van der Waals surface area (Å²) in [5.41, 5.74) is 0. The number of hydrogen-bond donors (Lipinski definition) is 3. The average molecular weight is 375 g/mol. The smallest absolute Gasteiger partial charge is 0.261 e. The summed E-state index contributed by atoms with van der Waals surface area (Å²) in [7, 11) is 0. The molecule has 0 aliphatic carbocycles. The maximum absolute atomic E-state index is 11.8. The normalized spacial score (nSPS) is 11.0. The van der Waals surface area contributed by atoms with Gasteiger partial charge in [-0.3, -0.25) is 9.79 Å². The van der Waals surface area contributed by atoms with Gasteiger partial charge in [0.15, 0.2) is 5.96 Å². The lowest BCUT2D eigenvalue weighted by Crippen LogP contribution is -2.39. The summed E-state index contributed by atoms with van der Waals surface area (Å²) >= 11 is 1.44. The number of nitrogens with one attached hydrogen (secondary N) is 3. The van der Waals surface area contributed by atoms with Gasteiger partial charge in [0, 0.05) is 19.6 Å². The average Bonchev–Trinajstić information content (AvgIpc) is 3.20. The first-order chi connectivity index (χ1) is 12.8. The van der Waals surface area contributed by atoms with Gasteiger partial charge in [0.25, 0.3) is 5.91 Å². The molecule has 2 aromatic rings. The lowest BCUT2D eigenvalue weighted by Gasteiger charge is -2.12. The van der Waals surface area contributed by atoms with Crippen LogP contribution in [-0.2, 0) is 0 Å². The molecule has 0 saturated carbocycles. The summed E-state index contributed by atoms with van der Waals surface area (Å²) in [6.07, 6.45) is 0.786. The largest absolute Gasteiger partial charge is 0.492 e. The van der Waals surface area contributed by atoms with Crippen molar-refractivity contribution < 1.29 is 9.53 Å². The first-order valence-electron chi connectivity index (χ1n) is 8.81. The third-order valence-corrected chi connectivity index (χ3v) is 4.25. The van der Waals surface area contributed by atoms with Crippen LogP contribution in [0.3, 0.4) is 0 Å². The third kappa shape index (κ3) is 7.57. The molecule has 0 aliphatic heterocycles. The predicted octanol–water partition coefficient (Wildman–Crippen LogP) is 2.50. The Hall–Kier alpha value is -2.54.